The van der Waals surface area contributed by atoms with Crippen LogP contribution in [0.3, 0.4) is 0 Å². The van der Waals surface area contributed by atoms with E-state index in [4.69, 9.17) is 0 Å². The van der Waals surface area contributed by atoms with E-state index >= 15 is 0 Å². The lowest BCUT2D eigenvalue weighted by molar-refractivity contribution is -0.120. The molecular weight excluding hydrogens is 219 g/mol. The molecule has 1 aromatic carbocycles. The van der Waals surface area contributed by atoms with Crippen LogP contribution in [0.5, 0.6) is 0 Å². The molecule has 92 valence electrons. The van der Waals surface area contributed by atoms with Gasteiger partial charge in [0.05, 0.1) is 6.04 Å². The van der Waals surface area contributed by atoms with Gasteiger partial charge in [0.1, 0.15) is 5.82 Å². The van der Waals surface area contributed by atoms with Crippen molar-refractivity contribution in [1.82, 2.24) is 4.90 Å². The Hall–Kier alpha value is -1.42. The third-order valence-corrected chi connectivity index (χ3v) is 3.18. The minimum atomic E-state index is -0.296. The molecule has 1 aromatic rings. The average molecular weight is 236 g/mol. The summed E-state index contributed by atoms with van der Waals surface area (Å²) in [5.74, 6) is -0.325. The summed E-state index contributed by atoms with van der Waals surface area (Å²) >= 11 is 0. The number of nitrogens with zero attached hydrogens (tertiary/aromatic N) is 1. The lowest BCUT2D eigenvalue weighted by atomic mass is 10.2. The Morgan fingerprint density at radius 1 is 1.29 bits per heavy atom. The van der Waals surface area contributed by atoms with Gasteiger partial charge < -0.3 is 5.32 Å². The van der Waals surface area contributed by atoms with Crippen molar-refractivity contribution in [3.8, 4) is 0 Å². The highest BCUT2D eigenvalue weighted by Gasteiger charge is 2.23. The Morgan fingerprint density at radius 3 is 2.47 bits per heavy atom. The topological polar surface area (TPSA) is 32.3 Å². The molecule has 0 spiro atoms. The fraction of sp³-hybridized carbons (Fsp3) is 0.462. The Labute approximate surface area is 101 Å². The predicted octanol–water partition coefficient (Wildman–Crippen LogP) is 2.25. The van der Waals surface area contributed by atoms with Gasteiger partial charge in [-0.05, 0) is 57.1 Å². The molecule has 0 radical (unpaired) electrons. The Kier molecular flexibility index (Phi) is 3.74. The van der Waals surface area contributed by atoms with Crippen LogP contribution in [0.15, 0.2) is 24.3 Å². The van der Waals surface area contributed by atoms with Crippen LogP contribution in [0.1, 0.15) is 19.8 Å². The van der Waals surface area contributed by atoms with Crippen molar-refractivity contribution in [2.75, 3.05) is 18.4 Å². The van der Waals surface area contributed by atoms with Crippen LogP contribution in [0.2, 0.25) is 0 Å². The van der Waals surface area contributed by atoms with Gasteiger partial charge in [0, 0.05) is 5.69 Å². The maximum absolute atomic E-state index is 12.7. The second-order valence-corrected chi connectivity index (χ2v) is 4.42. The molecule has 4 heteroatoms. The lowest BCUT2D eigenvalue weighted by Crippen LogP contribution is -2.40. The zero-order valence-electron chi connectivity index (χ0n) is 9.95. The number of hydrogen-bond donors (Lipinski definition) is 1. The Balaban J connectivity index is 1.93. The highest BCUT2D eigenvalue weighted by atomic mass is 19.1. The summed E-state index contributed by atoms with van der Waals surface area (Å²) in [6.45, 7) is 3.88. The molecule has 1 aliphatic heterocycles. The number of carbonyl (C=O) groups excluding carboxylic acids is 1. The summed E-state index contributed by atoms with van der Waals surface area (Å²) in [6.07, 6.45) is 2.32. The van der Waals surface area contributed by atoms with Gasteiger partial charge >= 0.3 is 0 Å². The summed E-state index contributed by atoms with van der Waals surface area (Å²) in [5, 5.41) is 2.80. The molecule has 1 amide bonds. The summed E-state index contributed by atoms with van der Waals surface area (Å²) in [4.78, 5) is 14.1. The first-order valence-electron chi connectivity index (χ1n) is 5.97. The van der Waals surface area contributed by atoms with Crippen molar-refractivity contribution in [2.45, 2.75) is 25.8 Å². The molecule has 1 fully saturated rings. The number of rotatable bonds is 3. The van der Waals surface area contributed by atoms with Crippen molar-refractivity contribution in [2.24, 2.45) is 0 Å². The zero-order chi connectivity index (χ0) is 12.3. The zero-order valence-corrected chi connectivity index (χ0v) is 9.95. The molecule has 0 aromatic heterocycles. The maximum Gasteiger partial charge on any atom is 0.241 e. The molecule has 17 heavy (non-hydrogen) atoms. The van der Waals surface area contributed by atoms with Gasteiger partial charge in [0.15, 0.2) is 0 Å². The summed E-state index contributed by atoms with van der Waals surface area (Å²) in [5.41, 5.74) is 0.641. The number of nitrogens with one attached hydrogen (secondary N) is 1. The predicted molar refractivity (Wildman–Crippen MR) is 65.3 cm³/mol. The molecular formula is C13H17FN2O. The second kappa shape index (κ2) is 5.27. The molecule has 0 bridgehead atoms. The van der Waals surface area contributed by atoms with E-state index in [2.05, 4.69) is 10.2 Å². The number of halogens is 1. The van der Waals surface area contributed by atoms with Crippen molar-refractivity contribution in [1.29, 1.82) is 0 Å². The maximum atomic E-state index is 12.7. The average Bonchev–Trinajstić information content (AvgIpc) is 2.84. The third kappa shape index (κ3) is 3.03. The summed E-state index contributed by atoms with van der Waals surface area (Å²) < 4.78 is 12.7. The minimum Gasteiger partial charge on any atom is -0.325 e. The fourth-order valence-electron chi connectivity index (χ4n) is 2.07. The molecule has 2 rings (SSSR count). The SMILES string of the molecule is CC(C(=O)Nc1ccc(F)cc1)N1CCCC1. The van der Waals surface area contributed by atoms with Crippen molar-refractivity contribution < 1.29 is 9.18 Å². The van der Waals surface area contributed by atoms with Crippen LogP contribution in [0.25, 0.3) is 0 Å². The highest BCUT2D eigenvalue weighted by Crippen LogP contribution is 2.14. The monoisotopic (exact) mass is 236 g/mol. The van der Waals surface area contributed by atoms with Crippen molar-refractivity contribution in [3.63, 3.8) is 0 Å². The van der Waals surface area contributed by atoms with Gasteiger partial charge in [-0.25, -0.2) is 4.39 Å². The van der Waals surface area contributed by atoms with Gasteiger partial charge in [-0.2, -0.15) is 0 Å². The van der Waals surface area contributed by atoms with Crippen molar-refractivity contribution >= 4 is 11.6 Å². The molecule has 1 saturated heterocycles. The number of anilines is 1. The van der Waals surface area contributed by atoms with E-state index in [0.29, 0.717) is 5.69 Å². The van der Waals surface area contributed by atoms with Crippen LogP contribution in [-0.2, 0) is 4.79 Å². The fourth-order valence-corrected chi connectivity index (χ4v) is 2.07. The third-order valence-electron chi connectivity index (χ3n) is 3.18. The van der Waals surface area contributed by atoms with Gasteiger partial charge in [-0.3, -0.25) is 9.69 Å². The number of amides is 1. The minimum absolute atomic E-state index is 0.0292. The number of hydrogen-bond acceptors (Lipinski definition) is 2. The van der Waals surface area contributed by atoms with Gasteiger partial charge in [-0.1, -0.05) is 0 Å². The molecule has 1 N–H and O–H groups in total. The van der Waals surface area contributed by atoms with Crippen LogP contribution < -0.4 is 5.32 Å². The summed E-state index contributed by atoms with van der Waals surface area (Å²) in [7, 11) is 0. The van der Waals surface area contributed by atoms with Crippen LogP contribution in [0.4, 0.5) is 10.1 Å². The molecule has 1 atom stereocenters. The van der Waals surface area contributed by atoms with E-state index < -0.39 is 0 Å². The van der Waals surface area contributed by atoms with E-state index in [0.717, 1.165) is 25.9 Å². The Morgan fingerprint density at radius 2 is 1.88 bits per heavy atom. The first-order chi connectivity index (χ1) is 8.16. The van der Waals surface area contributed by atoms with Crippen LogP contribution in [-0.4, -0.2) is 29.9 Å². The van der Waals surface area contributed by atoms with Gasteiger partial charge in [0.25, 0.3) is 0 Å². The second-order valence-electron chi connectivity index (χ2n) is 4.42. The number of carbonyl (C=O) groups is 1. The molecule has 1 aliphatic rings. The van der Waals surface area contributed by atoms with E-state index in [1.165, 1.54) is 12.1 Å². The highest BCUT2D eigenvalue weighted by molar-refractivity contribution is 5.94. The lowest BCUT2D eigenvalue weighted by Gasteiger charge is -2.22. The molecule has 1 heterocycles. The molecule has 0 saturated carbocycles. The first kappa shape index (κ1) is 12.0. The Bertz CT molecular complexity index is 385. The van der Waals surface area contributed by atoms with E-state index in [9.17, 15) is 9.18 Å². The quantitative estimate of drug-likeness (QED) is 0.873. The molecule has 1 unspecified atom stereocenters. The normalized spacial score (nSPS) is 18.0. The largest absolute Gasteiger partial charge is 0.325 e. The van der Waals surface area contributed by atoms with Crippen molar-refractivity contribution in [3.05, 3.63) is 30.1 Å². The van der Waals surface area contributed by atoms with Gasteiger partial charge in [-0.15, -0.1) is 0 Å². The van der Waals surface area contributed by atoms with Gasteiger partial charge in [0.2, 0.25) is 5.91 Å². The first-order valence-corrected chi connectivity index (χ1v) is 5.97. The van der Waals surface area contributed by atoms with Crippen LogP contribution in [0, 0.1) is 5.82 Å². The number of likely N-dealkylation sites (tertiary alicyclic amines) is 1. The summed E-state index contributed by atoms with van der Waals surface area (Å²) in [6, 6.07) is 5.71. The number of benzene rings is 1. The van der Waals surface area contributed by atoms with E-state index in [-0.39, 0.29) is 17.8 Å². The van der Waals surface area contributed by atoms with Crippen LogP contribution >= 0.6 is 0 Å². The smallest absolute Gasteiger partial charge is 0.241 e. The van der Waals surface area contributed by atoms with E-state index in [1.807, 2.05) is 6.92 Å². The van der Waals surface area contributed by atoms with E-state index in [1.54, 1.807) is 12.1 Å². The molecule has 0 aliphatic carbocycles. The standard InChI is InChI=1S/C13H17FN2O/c1-10(16-8-2-3-9-16)13(17)15-12-6-4-11(14)5-7-12/h4-7,10H,2-3,8-9H2,1H3,(H,15,17). The molecule has 3 nitrogen and oxygen atoms in total.